The summed E-state index contributed by atoms with van der Waals surface area (Å²) in [4.78, 5) is 19.8. The number of rotatable bonds is 10. The van der Waals surface area contributed by atoms with Gasteiger partial charge in [0.1, 0.15) is 22.7 Å². The van der Waals surface area contributed by atoms with Gasteiger partial charge in [0, 0.05) is 0 Å². The standard InChI is InChI=1S/C27H35N3O4/c1-26(2,3)34-25(32)30-27(4,19-31)24-28-18-23(29-24)21-13-15-22(16-14-21)33-17-9-8-12-20-10-6-5-7-11-20/h5-7,10-11,13-16,18,31H,8-9,12,17,19H2,1-4H3,(H,28,29)(H,30,32). The third kappa shape index (κ3) is 7.35. The molecule has 182 valence electrons. The van der Waals surface area contributed by atoms with Crippen LogP contribution < -0.4 is 10.1 Å². The van der Waals surface area contributed by atoms with E-state index in [0.29, 0.717) is 12.4 Å². The fourth-order valence-electron chi connectivity index (χ4n) is 3.45. The van der Waals surface area contributed by atoms with Crippen LogP contribution in [0.1, 0.15) is 51.9 Å². The molecule has 34 heavy (non-hydrogen) atoms. The highest BCUT2D eigenvalue weighted by molar-refractivity contribution is 5.69. The van der Waals surface area contributed by atoms with E-state index in [1.807, 2.05) is 30.3 Å². The summed E-state index contributed by atoms with van der Waals surface area (Å²) in [6.07, 6.45) is 4.19. The van der Waals surface area contributed by atoms with E-state index in [4.69, 9.17) is 9.47 Å². The molecule has 0 fully saturated rings. The number of aliphatic hydroxyl groups is 1. The molecule has 1 aromatic heterocycles. The lowest BCUT2D eigenvalue weighted by atomic mass is 10.0. The van der Waals surface area contributed by atoms with Crippen LogP contribution in [0.4, 0.5) is 4.79 Å². The minimum Gasteiger partial charge on any atom is -0.494 e. The van der Waals surface area contributed by atoms with E-state index in [-0.39, 0.29) is 6.61 Å². The zero-order valence-corrected chi connectivity index (χ0v) is 20.4. The van der Waals surface area contributed by atoms with Gasteiger partial charge in [-0.05, 0) is 82.3 Å². The molecule has 1 heterocycles. The first-order valence-electron chi connectivity index (χ1n) is 11.6. The van der Waals surface area contributed by atoms with Gasteiger partial charge in [-0.3, -0.25) is 0 Å². The molecule has 1 unspecified atom stereocenters. The maximum atomic E-state index is 12.2. The maximum Gasteiger partial charge on any atom is 0.408 e. The molecule has 0 bridgehead atoms. The highest BCUT2D eigenvalue weighted by atomic mass is 16.6. The molecule has 3 N–H and O–H groups in total. The normalized spacial score (nSPS) is 13.2. The first-order valence-corrected chi connectivity index (χ1v) is 11.6. The Bertz CT molecular complexity index is 1040. The Morgan fingerprint density at radius 3 is 2.38 bits per heavy atom. The number of H-pyrrole nitrogens is 1. The van der Waals surface area contributed by atoms with E-state index in [1.165, 1.54) is 5.56 Å². The van der Waals surface area contributed by atoms with Crippen molar-refractivity contribution in [2.24, 2.45) is 0 Å². The van der Waals surface area contributed by atoms with E-state index in [1.54, 1.807) is 33.9 Å². The molecule has 0 aliphatic heterocycles. The monoisotopic (exact) mass is 465 g/mol. The Hall–Kier alpha value is -3.32. The number of hydrogen-bond donors (Lipinski definition) is 3. The SMILES string of the molecule is CC(C)(C)OC(=O)NC(C)(CO)c1ncc(-c2ccc(OCCCCc3ccccc3)cc2)[nH]1. The molecule has 0 spiro atoms. The lowest BCUT2D eigenvalue weighted by Gasteiger charge is -2.28. The van der Waals surface area contributed by atoms with Crippen LogP contribution in [0.2, 0.25) is 0 Å². The Morgan fingerprint density at radius 1 is 1.03 bits per heavy atom. The van der Waals surface area contributed by atoms with Crippen molar-refractivity contribution in [1.82, 2.24) is 15.3 Å². The van der Waals surface area contributed by atoms with Crippen molar-refractivity contribution in [2.75, 3.05) is 13.2 Å². The van der Waals surface area contributed by atoms with E-state index in [9.17, 15) is 9.90 Å². The molecule has 2 aromatic carbocycles. The summed E-state index contributed by atoms with van der Waals surface area (Å²) in [5, 5.41) is 12.6. The van der Waals surface area contributed by atoms with Gasteiger partial charge in [-0.2, -0.15) is 0 Å². The molecule has 1 amide bonds. The van der Waals surface area contributed by atoms with E-state index >= 15 is 0 Å². The van der Waals surface area contributed by atoms with Crippen molar-refractivity contribution >= 4 is 6.09 Å². The molecule has 0 saturated heterocycles. The number of carbonyl (C=O) groups excluding carboxylic acids is 1. The van der Waals surface area contributed by atoms with E-state index in [2.05, 4.69) is 39.6 Å². The van der Waals surface area contributed by atoms with E-state index < -0.39 is 17.2 Å². The van der Waals surface area contributed by atoms with Crippen LogP contribution in [0.5, 0.6) is 5.75 Å². The Balaban J connectivity index is 1.53. The smallest absolute Gasteiger partial charge is 0.408 e. The fraction of sp³-hybridized carbons (Fsp3) is 0.407. The summed E-state index contributed by atoms with van der Waals surface area (Å²) in [6, 6.07) is 18.2. The van der Waals surface area contributed by atoms with Crippen molar-refractivity contribution < 1.29 is 19.4 Å². The number of carbonyl (C=O) groups is 1. The molecule has 7 nitrogen and oxygen atoms in total. The van der Waals surface area contributed by atoms with Crippen LogP contribution in [0, 0.1) is 0 Å². The van der Waals surface area contributed by atoms with Crippen LogP contribution in [0.25, 0.3) is 11.3 Å². The third-order valence-corrected chi connectivity index (χ3v) is 5.33. The average Bonchev–Trinajstić information content (AvgIpc) is 3.30. The summed E-state index contributed by atoms with van der Waals surface area (Å²) >= 11 is 0. The molecule has 1 atom stereocenters. The molecule has 7 heteroatoms. The Morgan fingerprint density at radius 2 is 1.74 bits per heavy atom. The van der Waals surface area contributed by atoms with Gasteiger partial charge in [0.2, 0.25) is 0 Å². The molecule has 3 aromatic rings. The molecular formula is C27H35N3O4. The zero-order chi connectivity index (χ0) is 24.6. The van der Waals surface area contributed by atoms with Crippen LogP contribution in [-0.2, 0) is 16.7 Å². The molecule has 0 aliphatic carbocycles. The van der Waals surface area contributed by atoms with Gasteiger partial charge in [-0.25, -0.2) is 9.78 Å². The molecule has 0 aliphatic rings. The van der Waals surface area contributed by atoms with E-state index in [0.717, 1.165) is 36.3 Å². The van der Waals surface area contributed by atoms with Crippen molar-refractivity contribution in [2.45, 2.75) is 58.1 Å². The Kier molecular flexibility index (Phi) is 8.34. The second-order valence-corrected chi connectivity index (χ2v) is 9.58. The van der Waals surface area contributed by atoms with Crippen LogP contribution in [0.3, 0.4) is 0 Å². The summed E-state index contributed by atoms with van der Waals surface area (Å²) in [6.45, 7) is 7.38. The lowest BCUT2D eigenvalue weighted by Crippen LogP contribution is -2.48. The zero-order valence-electron chi connectivity index (χ0n) is 20.4. The number of aliphatic hydroxyl groups excluding tert-OH is 1. The summed E-state index contributed by atoms with van der Waals surface area (Å²) in [5.41, 5.74) is 1.30. The minimum atomic E-state index is -1.11. The largest absolute Gasteiger partial charge is 0.494 e. The predicted molar refractivity (Wildman–Crippen MR) is 133 cm³/mol. The van der Waals surface area contributed by atoms with Crippen molar-refractivity contribution in [3.05, 3.63) is 72.2 Å². The summed E-state index contributed by atoms with van der Waals surface area (Å²) in [5.74, 6) is 1.25. The number of aromatic nitrogens is 2. The minimum absolute atomic E-state index is 0.337. The van der Waals surface area contributed by atoms with Crippen LogP contribution in [-0.4, -0.2) is 40.0 Å². The number of ether oxygens (including phenoxy) is 2. The predicted octanol–water partition coefficient (Wildman–Crippen LogP) is 5.21. The molecular weight excluding hydrogens is 430 g/mol. The Labute approximate surface area is 201 Å². The van der Waals surface area contributed by atoms with Crippen LogP contribution in [0.15, 0.2) is 60.8 Å². The number of alkyl carbamates (subject to hydrolysis) is 1. The number of aromatic amines is 1. The van der Waals surface area contributed by atoms with Crippen molar-refractivity contribution in [3.8, 4) is 17.0 Å². The topological polar surface area (TPSA) is 96.5 Å². The molecule has 0 saturated carbocycles. The average molecular weight is 466 g/mol. The highest BCUT2D eigenvalue weighted by Crippen LogP contribution is 2.25. The first kappa shape index (κ1) is 25.3. The maximum absolute atomic E-state index is 12.2. The molecule has 0 radical (unpaired) electrons. The quantitative estimate of drug-likeness (QED) is 0.357. The van der Waals surface area contributed by atoms with Gasteiger partial charge in [-0.1, -0.05) is 30.3 Å². The van der Waals surface area contributed by atoms with Gasteiger partial charge in [0.25, 0.3) is 0 Å². The summed E-state index contributed by atoms with van der Waals surface area (Å²) in [7, 11) is 0. The van der Waals surface area contributed by atoms with Gasteiger partial charge in [0.05, 0.1) is 25.1 Å². The van der Waals surface area contributed by atoms with Gasteiger partial charge < -0.3 is 24.9 Å². The lowest BCUT2D eigenvalue weighted by molar-refractivity contribution is 0.0403. The van der Waals surface area contributed by atoms with Gasteiger partial charge >= 0.3 is 6.09 Å². The number of hydrogen-bond acceptors (Lipinski definition) is 5. The number of amides is 1. The van der Waals surface area contributed by atoms with Crippen LogP contribution >= 0.6 is 0 Å². The second-order valence-electron chi connectivity index (χ2n) is 9.58. The number of benzene rings is 2. The number of imidazole rings is 1. The molecule has 3 rings (SSSR count). The fourth-order valence-corrected chi connectivity index (χ4v) is 3.45. The first-order chi connectivity index (χ1) is 16.2. The number of nitrogens with zero attached hydrogens (tertiary/aromatic N) is 1. The van der Waals surface area contributed by atoms with Gasteiger partial charge in [0.15, 0.2) is 0 Å². The van der Waals surface area contributed by atoms with Crippen molar-refractivity contribution in [3.63, 3.8) is 0 Å². The summed E-state index contributed by atoms with van der Waals surface area (Å²) < 4.78 is 11.2. The second kappa shape index (κ2) is 11.2. The number of unbranched alkanes of at least 4 members (excludes halogenated alkanes) is 1. The number of aryl methyl sites for hydroxylation is 1. The highest BCUT2D eigenvalue weighted by Gasteiger charge is 2.33. The number of nitrogens with one attached hydrogen (secondary N) is 2. The van der Waals surface area contributed by atoms with Crippen molar-refractivity contribution in [1.29, 1.82) is 0 Å². The van der Waals surface area contributed by atoms with Gasteiger partial charge in [-0.15, -0.1) is 0 Å². The third-order valence-electron chi connectivity index (χ3n) is 5.33.